The fourth-order valence-corrected chi connectivity index (χ4v) is 4.40. The Hall–Kier alpha value is -3.06. The van der Waals surface area contributed by atoms with E-state index in [1.54, 1.807) is 36.4 Å². The monoisotopic (exact) mass is 415 g/mol. The first-order valence-electron chi connectivity index (χ1n) is 8.90. The third-order valence-electron chi connectivity index (χ3n) is 4.43. The van der Waals surface area contributed by atoms with E-state index in [1.165, 1.54) is 30.7 Å². The van der Waals surface area contributed by atoms with Gasteiger partial charge >= 0.3 is 0 Å². The first-order valence-corrected chi connectivity index (χ1v) is 10.3. The summed E-state index contributed by atoms with van der Waals surface area (Å²) >= 11 is 0. The normalized spacial score (nSPS) is 11.2. The van der Waals surface area contributed by atoms with E-state index in [-0.39, 0.29) is 11.4 Å². The lowest BCUT2D eigenvalue weighted by Gasteiger charge is -2.25. The lowest BCUT2D eigenvalue weighted by Crippen LogP contribution is -2.30. The van der Waals surface area contributed by atoms with Crippen molar-refractivity contribution in [1.82, 2.24) is 0 Å². The molecule has 0 aliphatic heterocycles. The van der Waals surface area contributed by atoms with Gasteiger partial charge in [0, 0.05) is 6.07 Å². The minimum Gasteiger partial charge on any atom is -0.497 e. The Labute approximate surface area is 170 Å². The molecule has 5 nitrogen and oxygen atoms in total. The van der Waals surface area contributed by atoms with Crippen molar-refractivity contribution in [2.45, 2.75) is 18.4 Å². The predicted molar refractivity (Wildman–Crippen MR) is 110 cm³/mol. The molecule has 0 saturated heterocycles. The Balaban J connectivity index is 2.10. The Bertz CT molecular complexity index is 1080. The van der Waals surface area contributed by atoms with Crippen LogP contribution in [0.5, 0.6) is 11.5 Å². The fraction of sp³-hybridized carbons (Fsp3) is 0.182. The molecule has 0 aromatic heterocycles. The van der Waals surface area contributed by atoms with Crippen molar-refractivity contribution in [1.29, 1.82) is 0 Å². The molecule has 7 heteroatoms. The number of aryl methyl sites for hydroxylation is 1. The minimum atomic E-state index is -3.94. The van der Waals surface area contributed by atoms with Crippen LogP contribution in [0.15, 0.2) is 71.6 Å². The molecule has 29 heavy (non-hydrogen) atoms. The second-order valence-electron chi connectivity index (χ2n) is 6.53. The number of hydrogen-bond donors (Lipinski definition) is 0. The Morgan fingerprint density at radius 1 is 0.897 bits per heavy atom. The molecule has 0 aliphatic carbocycles. The lowest BCUT2D eigenvalue weighted by molar-refractivity contribution is 0.393. The van der Waals surface area contributed by atoms with Crippen molar-refractivity contribution in [3.63, 3.8) is 0 Å². The highest BCUT2D eigenvalue weighted by atomic mass is 32.2. The molecule has 0 unspecified atom stereocenters. The number of rotatable bonds is 7. The SMILES string of the molecule is COc1cc(CN(c2cccc(C)c2)S(=O)(=O)c2ccc(F)cc2)cc(OC)c1. The molecule has 0 saturated carbocycles. The summed E-state index contributed by atoms with van der Waals surface area (Å²) < 4.78 is 52.0. The summed E-state index contributed by atoms with van der Waals surface area (Å²) in [6.07, 6.45) is 0. The van der Waals surface area contributed by atoms with Crippen LogP contribution >= 0.6 is 0 Å². The van der Waals surface area contributed by atoms with Crippen LogP contribution in [0, 0.1) is 12.7 Å². The van der Waals surface area contributed by atoms with Crippen LogP contribution < -0.4 is 13.8 Å². The van der Waals surface area contributed by atoms with Crippen LogP contribution in [0.3, 0.4) is 0 Å². The standard InChI is InChI=1S/C22H22FNO4S/c1-16-5-4-6-19(11-16)24(29(25,26)22-9-7-18(23)8-10-22)15-17-12-20(27-2)14-21(13-17)28-3/h4-14H,15H2,1-3H3. The molecule has 0 bridgehead atoms. The van der Waals surface area contributed by atoms with Gasteiger partial charge in [0.05, 0.1) is 31.3 Å². The number of nitrogens with zero attached hydrogens (tertiary/aromatic N) is 1. The molecule has 3 aromatic rings. The molecule has 0 radical (unpaired) electrons. The Morgan fingerprint density at radius 3 is 2.07 bits per heavy atom. The number of hydrogen-bond acceptors (Lipinski definition) is 4. The van der Waals surface area contributed by atoms with Crippen LogP contribution in [0.2, 0.25) is 0 Å². The molecule has 152 valence electrons. The van der Waals surface area contributed by atoms with E-state index in [1.807, 2.05) is 13.0 Å². The van der Waals surface area contributed by atoms with Crippen LogP contribution in [0.1, 0.15) is 11.1 Å². The van der Waals surface area contributed by atoms with Crippen LogP contribution in [0.4, 0.5) is 10.1 Å². The van der Waals surface area contributed by atoms with E-state index >= 15 is 0 Å². The summed E-state index contributed by atoms with van der Waals surface area (Å²) in [6.45, 7) is 1.94. The van der Waals surface area contributed by atoms with Gasteiger partial charge in [0.15, 0.2) is 0 Å². The lowest BCUT2D eigenvalue weighted by atomic mass is 10.1. The van der Waals surface area contributed by atoms with Gasteiger partial charge in [-0.15, -0.1) is 0 Å². The van der Waals surface area contributed by atoms with Gasteiger partial charge in [0.1, 0.15) is 17.3 Å². The quantitative estimate of drug-likeness (QED) is 0.568. The van der Waals surface area contributed by atoms with E-state index < -0.39 is 15.8 Å². The maximum atomic E-state index is 13.4. The fourth-order valence-electron chi connectivity index (χ4n) is 2.96. The average Bonchev–Trinajstić information content (AvgIpc) is 2.71. The molecular weight excluding hydrogens is 393 g/mol. The molecule has 3 aromatic carbocycles. The van der Waals surface area contributed by atoms with E-state index in [9.17, 15) is 12.8 Å². The highest BCUT2D eigenvalue weighted by Crippen LogP contribution is 2.29. The second-order valence-corrected chi connectivity index (χ2v) is 8.39. The summed E-state index contributed by atoms with van der Waals surface area (Å²) in [4.78, 5) is 0.00951. The molecular formula is C22H22FNO4S. The van der Waals surface area contributed by atoms with E-state index in [0.29, 0.717) is 22.7 Å². The van der Waals surface area contributed by atoms with Crippen molar-refractivity contribution < 1.29 is 22.3 Å². The van der Waals surface area contributed by atoms with Gasteiger partial charge in [0.2, 0.25) is 0 Å². The summed E-state index contributed by atoms with van der Waals surface area (Å²) in [7, 11) is -0.872. The first kappa shape index (κ1) is 20.7. The van der Waals surface area contributed by atoms with Crippen molar-refractivity contribution in [3.8, 4) is 11.5 Å². The highest BCUT2D eigenvalue weighted by Gasteiger charge is 2.26. The van der Waals surface area contributed by atoms with Crippen LogP contribution in [-0.2, 0) is 16.6 Å². The maximum absolute atomic E-state index is 13.4. The third-order valence-corrected chi connectivity index (χ3v) is 6.22. The highest BCUT2D eigenvalue weighted by molar-refractivity contribution is 7.92. The van der Waals surface area contributed by atoms with Gasteiger partial charge in [-0.25, -0.2) is 12.8 Å². The van der Waals surface area contributed by atoms with Crippen LogP contribution in [-0.4, -0.2) is 22.6 Å². The van der Waals surface area contributed by atoms with Gasteiger partial charge in [-0.2, -0.15) is 0 Å². The predicted octanol–water partition coefficient (Wildman–Crippen LogP) is 4.55. The molecule has 0 amide bonds. The zero-order valence-electron chi connectivity index (χ0n) is 16.4. The second kappa shape index (κ2) is 8.53. The molecule has 0 aliphatic rings. The zero-order valence-corrected chi connectivity index (χ0v) is 17.2. The van der Waals surface area contributed by atoms with Crippen molar-refractivity contribution in [2.24, 2.45) is 0 Å². The minimum absolute atomic E-state index is 0.00951. The molecule has 0 spiro atoms. The number of sulfonamides is 1. The Morgan fingerprint density at radius 2 is 1.52 bits per heavy atom. The summed E-state index contributed by atoms with van der Waals surface area (Å²) in [5.74, 6) is 0.619. The number of halogens is 1. The van der Waals surface area contributed by atoms with Crippen molar-refractivity contribution in [2.75, 3.05) is 18.5 Å². The van der Waals surface area contributed by atoms with E-state index in [0.717, 1.165) is 17.7 Å². The maximum Gasteiger partial charge on any atom is 0.264 e. The number of benzene rings is 3. The largest absolute Gasteiger partial charge is 0.497 e. The van der Waals surface area contributed by atoms with Gasteiger partial charge in [-0.05, 0) is 66.6 Å². The number of anilines is 1. The molecule has 3 rings (SSSR count). The first-order chi connectivity index (χ1) is 13.8. The zero-order chi connectivity index (χ0) is 21.0. The summed E-state index contributed by atoms with van der Waals surface area (Å²) in [5, 5.41) is 0. The van der Waals surface area contributed by atoms with Gasteiger partial charge in [-0.3, -0.25) is 4.31 Å². The van der Waals surface area contributed by atoms with Gasteiger partial charge < -0.3 is 9.47 Å². The van der Waals surface area contributed by atoms with Crippen LogP contribution in [0.25, 0.3) is 0 Å². The Kier molecular flexibility index (Phi) is 6.08. The summed E-state index contributed by atoms with van der Waals surface area (Å²) in [5.41, 5.74) is 2.12. The van der Waals surface area contributed by atoms with E-state index in [4.69, 9.17) is 9.47 Å². The number of ether oxygens (including phenoxy) is 2. The van der Waals surface area contributed by atoms with E-state index in [2.05, 4.69) is 0 Å². The smallest absolute Gasteiger partial charge is 0.264 e. The van der Waals surface area contributed by atoms with Crippen molar-refractivity contribution >= 4 is 15.7 Å². The molecule has 0 fully saturated rings. The van der Waals surface area contributed by atoms with Gasteiger partial charge in [-0.1, -0.05) is 12.1 Å². The number of methoxy groups -OCH3 is 2. The third kappa shape index (κ3) is 4.68. The molecule has 0 heterocycles. The topological polar surface area (TPSA) is 55.8 Å². The summed E-state index contributed by atoms with van der Waals surface area (Å²) in [6, 6.07) is 17.2. The molecule has 0 atom stereocenters. The van der Waals surface area contributed by atoms with Gasteiger partial charge in [0.25, 0.3) is 10.0 Å². The average molecular weight is 415 g/mol. The molecule has 0 N–H and O–H groups in total. The van der Waals surface area contributed by atoms with Crippen molar-refractivity contribution in [3.05, 3.63) is 83.7 Å².